The number of nitrogens with two attached hydrogens (primary N) is 2. The summed E-state index contributed by atoms with van der Waals surface area (Å²) >= 11 is 1.65. The van der Waals surface area contributed by atoms with Gasteiger partial charge in [0, 0.05) is 44.2 Å². The first-order valence-corrected chi connectivity index (χ1v) is 12.3. The van der Waals surface area contributed by atoms with Gasteiger partial charge in [-0.2, -0.15) is 13.2 Å². The van der Waals surface area contributed by atoms with Crippen molar-refractivity contribution < 1.29 is 13.2 Å². The topological polar surface area (TPSA) is 89.2 Å². The second-order valence-corrected chi connectivity index (χ2v) is 9.75. The number of halogens is 3. The standard InChI is InChI=1S/C23H30F3N7S/c1-31-21(19(28)4-2-10-27)29-30-22(31)34-13-3-11-32-14-16-9-12-33(20(16)15-32)18-7-5-17(6-8-18)23(24,25)26/h2,4-8,10,16,20H,3,9,11-15,27-28H2,1H3/b10-2-,19-4-. The Kier molecular flexibility index (Phi) is 7.42. The van der Waals surface area contributed by atoms with E-state index >= 15 is 0 Å². The number of anilines is 1. The molecule has 4 N–H and O–H groups in total. The summed E-state index contributed by atoms with van der Waals surface area (Å²) in [6.45, 7) is 3.86. The highest BCUT2D eigenvalue weighted by atomic mass is 32.2. The van der Waals surface area contributed by atoms with E-state index in [1.165, 1.54) is 18.3 Å². The normalized spacial score (nSPS) is 21.6. The molecule has 1 aromatic carbocycles. The van der Waals surface area contributed by atoms with Crippen LogP contribution in [0.4, 0.5) is 18.9 Å². The number of aromatic nitrogens is 3. The predicted molar refractivity (Wildman–Crippen MR) is 129 cm³/mol. The Labute approximate surface area is 201 Å². The molecule has 2 aromatic rings. The van der Waals surface area contributed by atoms with Gasteiger partial charge in [0.2, 0.25) is 0 Å². The molecule has 2 fully saturated rings. The van der Waals surface area contributed by atoms with Crippen LogP contribution in [0.15, 0.2) is 47.8 Å². The third-order valence-electron chi connectivity index (χ3n) is 6.48. The van der Waals surface area contributed by atoms with E-state index in [0.29, 0.717) is 23.5 Å². The van der Waals surface area contributed by atoms with Crippen LogP contribution in [0.5, 0.6) is 0 Å². The summed E-state index contributed by atoms with van der Waals surface area (Å²) in [6.07, 6.45) is 2.54. The lowest BCUT2D eigenvalue weighted by Crippen LogP contribution is -2.35. The van der Waals surface area contributed by atoms with Crippen LogP contribution in [0.1, 0.15) is 24.2 Å². The average Bonchev–Trinajstić information content (AvgIpc) is 3.49. The molecule has 0 radical (unpaired) electrons. The van der Waals surface area contributed by atoms with Gasteiger partial charge in [0.1, 0.15) is 0 Å². The molecule has 4 rings (SSSR count). The van der Waals surface area contributed by atoms with E-state index in [0.717, 1.165) is 55.6 Å². The van der Waals surface area contributed by atoms with Crippen molar-refractivity contribution >= 4 is 23.1 Å². The zero-order chi connectivity index (χ0) is 24.3. The maximum atomic E-state index is 12.9. The number of hydrogen-bond donors (Lipinski definition) is 2. The monoisotopic (exact) mass is 493 g/mol. The molecule has 2 aliphatic heterocycles. The molecule has 3 heterocycles. The SMILES string of the molecule is Cn1c(SCCCN2CC3CCN(c4ccc(C(F)(F)F)cc4)C3C2)nnc1/C(N)=C/C=C\N. The third-order valence-corrected chi connectivity index (χ3v) is 7.59. The fraction of sp³-hybridized carbons (Fsp3) is 0.478. The van der Waals surface area contributed by atoms with Gasteiger partial charge in [-0.25, -0.2) is 0 Å². The Hall–Kier alpha value is -2.66. The Morgan fingerprint density at radius 3 is 2.68 bits per heavy atom. The summed E-state index contributed by atoms with van der Waals surface area (Å²) in [5, 5.41) is 9.21. The fourth-order valence-electron chi connectivity index (χ4n) is 4.77. The molecule has 0 aliphatic carbocycles. The van der Waals surface area contributed by atoms with Crippen molar-refractivity contribution in [2.24, 2.45) is 24.4 Å². The molecular formula is C23H30F3N7S. The minimum absolute atomic E-state index is 0.364. The van der Waals surface area contributed by atoms with E-state index in [1.807, 2.05) is 11.6 Å². The number of fused-ring (bicyclic) bond motifs is 1. The maximum Gasteiger partial charge on any atom is 0.416 e. The Bertz CT molecular complexity index is 1030. The van der Waals surface area contributed by atoms with Crippen molar-refractivity contribution in [1.82, 2.24) is 19.7 Å². The first-order valence-electron chi connectivity index (χ1n) is 11.3. The van der Waals surface area contributed by atoms with Crippen LogP contribution < -0.4 is 16.4 Å². The number of thioether (sulfide) groups is 1. The second kappa shape index (κ2) is 10.3. The summed E-state index contributed by atoms with van der Waals surface area (Å²) < 4.78 is 40.5. The van der Waals surface area contributed by atoms with Crippen LogP contribution in [0.3, 0.4) is 0 Å². The van der Waals surface area contributed by atoms with Crippen molar-refractivity contribution in [1.29, 1.82) is 0 Å². The van der Waals surface area contributed by atoms with Crippen molar-refractivity contribution in [3.05, 3.63) is 54.0 Å². The van der Waals surface area contributed by atoms with Crippen LogP contribution in [-0.4, -0.2) is 57.6 Å². The minimum Gasteiger partial charge on any atom is -0.405 e. The summed E-state index contributed by atoms with van der Waals surface area (Å²) in [7, 11) is 1.89. The van der Waals surface area contributed by atoms with Gasteiger partial charge in [0.05, 0.1) is 11.3 Å². The van der Waals surface area contributed by atoms with Crippen molar-refractivity contribution in [3.8, 4) is 0 Å². The van der Waals surface area contributed by atoms with Crippen molar-refractivity contribution in [2.75, 3.05) is 36.8 Å². The molecule has 7 nitrogen and oxygen atoms in total. The largest absolute Gasteiger partial charge is 0.416 e. The van der Waals surface area contributed by atoms with Crippen LogP contribution in [0.25, 0.3) is 5.70 Å². The fourth-order valence-corrected chi connectivity index (χ4v) is 5.61. The molecule has 0 amide bonds. The lowest BCUT2D eigenvalue weighted by atomic mass is 10.0. The van der Waals surface area contributed by atoms with Gasteiger partial charge in [-0.15, -0.1) is 10.2 Å². The van der Waals surface area contributed by atoms with Crippen LogP contribution in [0.2, 0.25) is 0 Å². The Morgan fingerprint density at radius 2 is 1.97 bits per heavy atom. The van der Waals surface area contributed by atoms with Gasteiger partial charge in [-0.05, 0) is 67.9 Å². The first kappa shape index (κ1) is 24.5. The lowest BCUT2D eigenvalue weighted by molar-refractivity contribution is -0.137. The van der Waals surface area contributed by atoms with Gasteiger partial charge in [0.25, 0.3) is 0 Å². The van der Waals surface area contributed by atoms with Crippen LogP contribution in [0, 0.1) is 5.92 Å². The first-order chi connectivity index (χ1) is 16.3. The Balaban J connectivity index is 1.26. The summed E-state index contributed by atoms with van der Waals surface area (Å²) in [5.74, 6) is 2.08. The molecule has 2 unspecified atom stereocenters. The maximum absolute atomic E-state index is 12.9. The molecular weight excluding hydrogens is 463 g/mol. The number of alkyl halides is 3. The quantitative estimate of drug-likeness (QED) is 0.331. The molecule has 2 saturated heterocycles. The highest BCUT2D eigenvalue weighted by Gasteiger charge is 2.41. The van der Waals surface area contributed by atoms with Gasteiger partial charge in [-0.1, -0.05) is 11.8 Å². The van der Waals surface area contributed by atoms with E-state index in [9.17, 15) is 13.2 Å². The van der Waals surface area contributed by atoms with E-state index < -0.39 is 11.7 Å². The van der Waals surface area contributed by atoms with E-state index in [-0.39, 0.29) is 0 Å². The van der Waals surface area contributed by atoms with Crippen molar-refractivity contribution in [3.63, 3.8) is 0 Å². The summed E-state index contributed by atoms with van der Waals surface area (Å²) in [5.41, 5.74) is 12.2. The molecule has 2 aliphatic rings. The van der Waals surface area contributed by atoms with Gasteiger partial charge in [-0.3, -0.25) is 0 Å². The Morgan fingerprint density at radius 1 is 1.21 bits per heavy atom. The van der Waals surface area contributed by atoms with Gasteiger partial charge in [0.15, 0.2) is 11.0 Å². The predicted octanol–water partition coefficient (Wildman–Crippen LogP) is 3.30. The zero-order valence-corrected chi connectivity index (χ0v) is 19.9. The lowest BCUT2D eigenvalue weighted by Gasteiger charge is -2.27. The minimum atomic E-state index is -4.30. The molecule has 34 heavy (non-hydrogen) atoms. The molecule has 2 atom stereocenters. The van der Waals surface area contributed by atoms with E-state index in [1.54, 1.807) is 36.0 Å². The molecule has 0 bridgehead atoms. The number of likely N-dealkylation sites (tertiary alicyclic amines) is 1. The third kappa shape index (κ3) is 5.35. The summed E-state index contributed by atoms with van der Waals surface area (Å²) in [6, 6.07) is 5.94. The zero-order valence-electron chi connectivity index (χ0n) is 19.1. The van der Waals surface area contributed by atoms with E-state index in [2.05, 4.69) is 20.0 Å². The van der Waals surface area contributed by atoms with Crippen LogP contribution in [-0.2, 0) is 13.2 Å². The van der Waals surface area contributed by atoms with Gasteiger partial charge < -0.3 is 25.8 Å². The van der Waals surface area contributed by atoms with Crippen molar-refractivity contribution in [2.45, 2.75) is 30.2 Å². The van der Waals surface area contributed by atoms with Crippen LogP contribution >= 0.6 is 11.8 Å². The highest BCUT2D eigenvalue weighted by molar-refractivity contribution is 7.99. The van der Waals surface area contributed by atoms with E-state index in [4.69, 9.17) is 11.5 Å². The molecule has 1 aromatic heterocycles. The number of rotatable bonds is 8. The highest BCUT2D eigenvalue weighted by Crippen LogP contribution is 2.37. The second-order valence-electron chi connectivity index (χ2n) is 8.69. The molecule has 0 spiro atoms. The average molecular weight is 494 g/mol. The molecule has 184 valence electrons. The summed E-state index contributed by atoms with van der Waals surface area (Å²) in [4.78, 5) is 4.74. The number of hydrogen-bond acceptors (Lipinski definition) is 7. The number of allylic oxidation sites excluding steroid dienone is 2. The number of nitrogens with zero attached hydrogens (tertiary/aromatic N) is 5. The molecule has 11 heteroatoms. The number of benzene rings is 1. The van der Waals surface area contributed by atoms with Gasteiger partial charge >= 0.3 is 6.18 Å². The smallest absolute Gasteiger partial charge is 0.405 e. The molecule has 0 saturated carbocycles.